The summed E-state index contributed by atoms with van der Waals surface area (Å²) in [5.41, 5.74) is 1.46. The summed E-state index contributed by atoms with van der Waals surface area (Å²) in [6.07, 6.45) is -1.06. The molecule has 0 radical (unpaired) electrons. The summed E-state index contributed by atoms with van der Waals surface area (Å²) in [4.78, 5) is 25.0. The van der Waals surface area contributed by atoms with Gasteiger partial charge in [0.15, 0.2) is 5.79 Å². The van der Waals surface area contributed by atoms with Crippen molar-refractivity contribution in [1.29, 1.82) is 5.26 Å². The van der Waals surface area contributed by atoms with Crippen molar-refractivity contribution in [3.05, 3.63) is 71.3 Å². The summed E-state index contributed by atoms with van der Waals surface area (Å²) in [6, 6.07) is 17.3. The third kappa shape index (κ3) is 6.62. The van der Waals surface area contributed by atoms with Crippen molar-refractivity contribution in [2.24, 2.45) is 0 Å². The Kier molecular flexibility index (Phi) is 7.95. The average molecular weight is 437 g/mol. The van der Waals surface area contributed by atoms with Crippen LogP contribution in [0.25, 0.3) is 0 Å². The molecule has 168 valence electrons. The minimum absolute atomic E-state index is 0.178. The van der Waals surface area contributed by atoms with Crippen LogP contribution in [-0.2, 0) is 14.2 Å². The number of rotatable bonds is 6. The molecule has 0 saturated carbocycles. The Morgan fingerprint density at radius 2 is 1.53 bits per heavy atom. The molecule has 0 aromatic heterocycles. The van der Waals surface area contributed by atoms with Gasteiger partial charge in [-0.05, 0) is 50.2 Å². The number of ether oxygens (including phenoxy) is 3. The van der Waals surface area contributed by atoms with E-state index in [-0.39, 0.29) is 24.9 Å². The van der Waals surface area contributed by atoms with Gasteiger partial charge in [0.25, 0.3) is 11.8 Å². The third-order valence-corrected chi connectivity index (χ3v) is 4.95. The zero-order chi connectivity index (χ0) is 23.0. The predicted octanol–water partition coefficient (Wildman–Crippen LogP) is 2.25. The summed E-state index contributed by atoms with van der Waals surface area (Å²) >= 11 is 0. The number of hydrogen-bond donors (Lipinski definition) is 2. The van der Waals surface area contributed by atoms with E-state index in [0.717, 1.165) is 0 Å². The lowest BCUT2D eigenvalue weighted by atomic mass is 10.1. The molecule has 2 aromatic rings. The molecule has 1 aliphatic rings. The number of carbonyl (C=O) groups excluding carboxylic acids is 2. The molecule has 0 spiro atoms. The highest BCUT2D eigenvalue weighted by molar-refractivity contribution is 5.94. The molecule has 0 unspecified atom stereocenters. The Morgan fingerprint density at radius 1 is 0.938 bits per heavy atom. The van der Waals surface area contributed by atoms with Crippen LogP contribution in [0.15, 0.2) is 54.6 Å². The molecule has 2 atom stereocenters. The second-order valence-corrected chi connectivity index (χ2v) is 7.79. The quantitative estimate of drug-likeness (QED) is 0.717. The number of amides is 2. The van der Waals surface area contributed by atoms with E-state index in [0.29, 0.717) is 29.9 Å². The topological polar surface area (TPSA) is 110 Å². The highest BCUT2D eigenvalue weighted by atomic mass is 16.7. The maximum atomic E-state index is 12.5. The Balaban J connectivity index is 1.66. The van der Waals surface area contributed by atoms with Crippen LogP contribution in [0.5, 0.6) is 0 Å². The fourth-order valence-electron chi connectivity index (χ4n) is 3.31. The SMILES string of the molecule is CC1(C)OCCO[C@H](CNC(=O)c2ccc(C#N)cc2)[C@H](CNC(=O)c2ccccc2)O1. The number of carbonyl (C=O) groups is 2. The van der Waals surface area contributed by atoms with E-state index in [4.69, 9.17) is 19.5 Å². The summed E-state index contributed by atoms with van der Waals surface area (Å²) in [5, 5.41) is 14.6. The van der Waals surface area contributed by atoms with Gasteiger partial charge in [-0.1, -0.05) is 18.2 Å². The number of nitrogens with one attached hydrogen (secondary N) is 2. The lowest BCUT2D eigenvalue weighted by molar-refractivity contribution is -0.277. The van der Waals surface area contributed by atoms with Crippen molar-refractivity contribution >= 4 is 11.8 Å². The van der Waals surface area contributed by atoms with Gasteiger partial charge >= 0.3 is 0 Å². The van der Waals surface area contributed by atoms with E-state index in [1.165, 1.54) is 0 Å². The number of nitrogens with zero attached hydrogens (tertiary/aromatic N) is 1. The standard InChI is InChI=1S/C24H27N3O5/c1-24(2)31-13-12-30-20(15-26-23(29)19-10-8-17(14-25)9-11-19)21(32-24)16-27-22(28)18-6-4-3-5-7-18/h3-11,20-21H,12-13,15-16H2,1-2H3,(H,26,29)(H,27,28)/t20-,21+/m1/s1. The van der Waals surface area contributed by atoms with Crippen molar-refractivity contribution in [2.75, 3.05) is 26.3 Å². The van der Waals surface area contributed by atoms with Gasteiger partial charge < -0.3 is 24.8 Å². The Labute approximate surface area is 187 Å². The van der Waals surface area contributed by atoms with E-state index < -0.39 is 18.0 Å². The molecule has 2 N–H and O–H groups in total. The lowest BCUT2D eigenvalue weighted by Crippen LogP contribution is -2.52. The van der Waals surface area contributed by atoms with E-state index in [9.17, 15) is 9.59 Å². The summed E-state index contributed by atoms with van der Waals surface area (Å²) in [6.45, 7) is 4.63. The van der Waals surface area contributed by atoms with Crippen LogP contribution >= 0.6 is 0 Å². The first-order chi connectivity index (χ1) is 15.4. The van der Waals surface area contributed by atoms with Crippen LogP contribution in [0.1, 0.15) is 40.1 Å². The second kappa shape index (κ2) is 10.9. The molecule has 2 aromatic carbocycles. The lowest BCUT2D eigenvalue weighted by Gasteiger charge is -2.37. The molecule has 1 aliphatic heterocycles. The van der Waals surface area contributed by atoms with E-state index in [2.05, 4.69) is 10.6 Å². The van der Waals surface area contributed by atoms with Crippen molar-refractivity contribution in [2.45, 2.75) is 31.8 Å². The van der Waals surface area contributed by atoms with Gasteiger partial charge in [0.2, 0.25) is 0 Å². The fourth-order valence-corrected chi connectivity index (χ4v) is 3.31. The molecule has 2 amide bonds. The van der Waals surface area contributed by atoms with Gasteiger partial charge in [-0.3, -0.25) is 9.59 Å². The molecule has 1 heterocycles. The van der Waals surface area contributed by atoms with Gasteiger partial charge in [0, 0.05) is 24.2 Å². The van der Waals surface area contributed by atoms with Gasteiger partial charge in [-0.15, -0.1) is 0 Å². The molecule has 1 fully saturated rings. The van der Waals surface area contributed by atoms with Crippen molar-refractivity contribution in [3.8, 4) is 6.07 Å². The van der Waals surface area contributed by atoms with E-state index in [1.807, 2.05) is 12.1 Å². The summed E-state index contributed by atoms with van der Waals surface area (Å²) in [5.74, 6) is -1.39. The van der Waals surface area contributed by atoms with Crippen molar-refractivity contribution in [1.82, 2.24) is 10.6 Å². The molecule has 8 nitrogen and oxygen atoms in total. The zero-order valence-corrected chi connectivity index (χ0v) is 18.2. The molecule has 32 heavy (non-hydrogen) atoms. The van der Waals surface area contributed by atoms with Crippen LogP contribution in [-0.4, -0.2) is 56.1 Å². The molecule has 0 bridgehead atoms. The van der Waals surface area contributed by atoms with Gasteiger partial charge in [-0.2, -0.15) is 5.26 Å². The zero-order valence-electron chi connectivity index (χ0n) is 18.2. The van der Waals surface area contributed by atoms with Crippen LogP contribution < -0.4 is 10.6 Å². The molecular formula is C24H27N3O5. The Hall–Kier alpha value is -3.25. The van der Waals surface area contributed by atoms with Gasteiger partial charge in [0.05, 0.1) is 24.8 Å². The second-order valence-electron chi connectivity index (χ2n) is 7.79. The minimum atomic E-state index is -0.874. The van der Waals surface area contributed by atoms with E-state index in [1.54, 1.807) is 62.4 Å². The normalized spacial score (nSPS) is 20.3. The molecule has 3 rings (SSSR count). The van der Waals surface area contributed by atoms with Crippen LogP contribution in [0.2, 0.25) is 0 Å². The van der Waals surface area contributed by atoms with Crippen LogP contribution in [0.3, 0.4) is 0 Å². The maximum absolute atomic E-state index is 12.5. The number of hydrogen-bond acceptors (Lipinski definition) is 6. The number of benzene rings is 2. The molecule has 8 heteroatoms. The fraction of sp³-hybridized carbons (Fsp3) is 0.375. The monoisotopic (exact) mass is 437 g/mol. The van der Waals surface area contributed by atoms with E-state index >= 15 is 0 Å². The smallest absolute Gasteiger partial charge is 0.251 e. The third-order valence-electron chi connectivity index (χ3n) is 4.95. The highest BCUT2D eigenvalue weighted by Crippen LogP contribution is 2.20. The van der Waals surface area contributed by atoms with Gasteiger partial charge in [0.1, 0.15) is 12.2 Å². The van der Waals surface area contributed by atoms with Gasteiger partial charge in [-0.25, -0.2) is 0 Å². The Bertz CT molecular complexity index is 954. The number of nitriles is 1. The van der Waals surface area contributed by atoms with Crippen LogP contribution in [0.4, 0.5) is 0 Å². The Morgan fingerprint density at radius 3 is 2.16 bits per heavy atom. The maximum Gasteiger partial charge on any atom is 0.251 e. The van der Waals surface area contributed by atoms with Crippen molar-refractivity contribution < 1.29 is 23.8 Å². The molecule has 0 aliphatic carbocycles. The summed E-state index contributed by atoms with van der Waals surface area (Å²) < 4.78 is 17.7. The largest absolute Gasteiger partial charge is 0.371 e. The predicted molar refractivity (Wildman–Crippen MR) is 117 cm³/mol. The van der Waals surface area contributed by atoms with Crippen LogP contribution in [0, 0.1) is 11.3 Å². The molecular weight excluding hydrogens is 410 g/mol. The first kappa shape index (κ1) is 23.4. The first-order valence-electron chi connectivity index (χ1n) is 10.4. The first-order valence-corrected chi connectivity index (χ1v) is 10.4. The highest BCUT2D eigenvalue weighted by Gasteiger charge is 2.33. The summed E-state index contributed by atoms with van der Waals surface area (Å²) in [7, 11) is 0. The van der Waals surface area contributed by atoms with Crippen molar-refractivity contribution in [3.63, 3.8) is 0 Å². The average Bonchev–Trinajstić information content (AvgIpc) is 2.80. The molecule has 1 saturated heterocycles. The minimum Gasteiger partial charge on any atom is -0.371 e.